The number of sulfone groups is 1. The summed E-state index contributed by atoms with van der Waals surface area (Å²) < 4.78 is 25.3. The maximum Gasteiger partial charge on any atom is 0.178 e. The molecule has 1 aliphatic rings. The van der Waals surface area contributed by atoms with E-state index >= 15 is 0 Å². The maximum absolute atomic E-state index is 13.6. The van der Waals surface area contributed by atoms with Gasteiger partial charge in [-0.05, 0) is 93.2 Å². The molecule has 0 atom stereocenters. The molecule has 2 aromatic heterocycles. The second-order valence-electron chi connectivity index (χ2n) is 10.2. The number of carbonyl (C=O) groups is 1. The molecule has 2 aromatic carbocycles. The first kappa shape index (κ1) is 25.9. The molecule has 6 nitrogen and oxygen atoms in total. The summed E-state index contributed by atoms with van der Waals surface area (Å²) in [5.41, 5.74) is 4.58. The molecule has 0 saturated carbocycles. The number of carbonyl (C=O) groups excluding carboxylic acids is 1. The quantitative estimate of drug-likeness (QED) is 0.274. The van der Waals surface area contributed by atoms with Crippen molar-refractivity contribution in [3.8, 4) is 11.1 Å². The molecule has 1 saturated heterocycles. The van der Waals surface area contributed by atoms with Crippen molar-refractivity contribution in [1.29, 1.82) is 0 Å². The summed E-state index contributed by atoms with van der Waals surface area (Å²) in [7, 11) is -1.25. The zero-order chi connectivity index (χ0) is 26.3. The van der Waals surface area contributed by atoms with Gasteiger partial charge < -0.3 is 9.88 Å². The third kappa shape index (κ3) is 5.05. The number of hydrogen-bond donors (Lipinski definition) is 1. The van der Waals surface area contributed by atoms with E-state index in [1.165, 1.54) is 0 Å². The van der Waals surface area contributed by atoms with E-state index in [4.69, 9.17) is 11.6 Å². The average Bonchev–Trinajstić information content (AvgIpc) is 3.28. The van der Waals surface area contributed by atoms with E-state index < -0.39 is 9.84 Å². The number of Topliss-reactive ketones (excluding diaryl/α,β-unsaturated/α-hetero) is 1. The van der Waals surface area contributed by atoms with E-state index in [2.05, 4.69) is 21.9 Å². The van der Waals surface area contributed by atoms with Crippen LogP contribution in [0.4, 0.5) is 0 Å². The molecule has 0 aliphatic carbocycles. The topological polar surface area (TPSA) is 83.1 Å². The van der Waals surface area contributed by atoms with Gasteiger partial charge in [0.05, 0.1) is 21.2 Å². The largest absolute Gasteiger partial charge is 0.339 e. The van der Waals surface area contributed by atoms with Crippen LogP contribution in [0.3, 0.4) is 0 Å². The minimum atomic E-state index is -3.39. The molecule has 0 unspecified atom stereocenters. The van der Waals surface area contributed by atoms with Crippen molar-refractivity contribution in [3.05, 3.63) is 58.7 Å². The second-order valence-corrected chi connectivity index (χ2v) is 12.9. The molecule has 1 aliphatic heterocycles. The van der Waals surface area contributed by atoms with Crippen molar-refractivity contribution in [2.45, 2.75) is 44.4 Å². The second kappa shape index (κ2) is 10.2. The third-order valence-electron chi connectivity index (χ3n) is 7.76. The van der Waals surface area contributed by atoms with Gasteiger partial charge >= 0.3 is 0 Å². The first-order chi connectivity index (χ1) is 17.7. The lowest BCUT2D eigenvalue weighted by molar-refractivity contribution is 0.0965. The van der Waals surface area contributed by atoms with E-state index in [1.54, 1.807) is 31.3 Å². The van der Waals surface area contributed by atoms with Gasteiger partial charge in [0.1, 0.15) is 5.65 Å². The zero-order valence-electron chi connectivity index (χ0n) is 21.5. The fourth-order valence-corrected chi connectivity index (χ4v) is 6.51. The van der Waals surface area contributed by atoms with Crippen molar-refractivity contribution in [1.82, 2.24) is 14.9 Å². The highest BCUT2D eigenvalue weighted by Crippen LogP contribution is 2.39. The number of halogens is 1. The Balaban J connectivity index is 1.64. The summed E-state index contributed by atoms with van der Waals surface area (Å²) in [4.78, 5) is 24.1. The lowest BCUT2D eigenvalue weighted by Gasteiger charge is -2.28. The number of ketones is 1. The molecule has 37 heavy (non-hydrogen) atoms. The summed E-state index contributed by atoms with van der Waals surface area (Å²) in [6.07, 6.45) is 5.22. The highest BCUT2D eigenvalue weighted by atomic mass is 35.5. The van der Waals surface area contributed by atoms with Crippen LogP contribution in [-0.2, 0) is 9.84 Å². The maximum atomic E-state index is 13.6. The number of aryl methyl sites for hydroxylation is 1. The summed E-state index contributed by atoms with van der Waals surface area (Å²) >= 11 is 6.31. The summed E-state index contributed by atoms with van der Waals surface area (Å²) in [5.74, 6) is 0.702. The molecule has 0 radical (unpaired) electrons. The molecule has 4 aromatic rings. The molecule has 3 heterocycles. The molecular weight excluding hydrogens is 506 g/mol. The van der Waals surface area contributed by atoms with Crippen LogP contribution in [0.2, 0.25) is 5.02 Å². The minimum absolute atomic E-state index is 0.0209. The van der Waals surface area contributed by atoms with Gasteiger partial charge in [0.25, 0.3) is 0 Å². The third-order valence-corrected chi connectivity index (χ3v) is 9.70. The van der Waals surface area contributed by atoms with Crippen LogP contribution in [0.5, 0.6) is 0 Å². The Labute approximate surface area is 223 Å². The Kier molecular flexibility index (Phi) is 7.14. The highest BCUT2D eigenvalue weighted by molar-refractivity contribution is 7.91. The molecule has 5 rings (SSSR count). The predicted octanol–water partition coefficient (Wildman–Crippen LogP) is 6.44. The van der Waals surface area contributed by atoms with Gasteiger partial charge in [0.2, 0.25) is 0 Å². The number of piperidine rings is 1. The van der Waals surface area contributed by atoms with Crippen molar-refractivity contribution < 1.29 is 13.2 Å². The number of fused-ring (bicyclic) bond motifs is 3. The van der Waals surface area contributed by atoms with E-state index in [0.29, 0.717) is 28.6 Å². The zero-order valence-corrected chi connectivity index (χ0v) is 23.0. The number of rotatable bonds is 7. The van der Waals surface area contributed by atoms with Gasteiger partial charge in [-0.1, -0.05) is 30.7 Å². The number of aromatic amines is 1. The van der Waals surface area contributed by atoms with Crippen LogP contribution >= 0.6 is 11.6 Å². The molecule has 0 bridgehead atoms. The Morgan fingerprint density at radius 2 is 1.95 bits per heavy atom. The molecule has 194 valence electrons. The fraction of sp³-hybridized carbons (Fsp3) is 0.379. The molecular formula is C29H32ClN3O3S. The lowest BCUT2D eigenvalue weighted by atomic mass is 9.88. The Morgan fingerprint density at radius 1 is 1.19 bits per heavy atom. The first-order valence-corrected chi connectivity index (χ1v) is 14.9. The number of likely N-dealkylation sites (tertiary alicyclic amines) is 1. The number of nitrogens with zero attached hydrogens (tertiary/aromatic N) is 2. The number of H-pyrrole nitrogens is 1. The van der Waals surface area contributed by atoms with Gasteiger partial charge in [-0.2, -0.15) is 0 Å². The van der Waals surface area contributed by atoms with E-state index in [0.717, 1.165) is 65.3 Å². The average molecular weight is 538 g/mol. The summed E-state index contributed by atoms with van der Waals surface area (Å²) in [5, 5.41) is 2.24. The number of pyridine rings is 1. The van der Waals surface area contributed by atoms with Crippen molar-refractivity contribution in [2.24, 2.45) is 5.92 Å². The SMILES string of the molecule is CCS(=O)(=O)c1cccc(-c2cc(C(=O)CCC3CCN(C)CC3)c(C)c3[nH]c4ncc(Cl)cc4c23)c1. The Hall–Kier alpha value is -2.74. The number of aromatic nitrogens is 2. The number of nitrogens with one attached hydrogen (secondary N) is 1. The minimum Gasteiger partial charge on any atom is -0.339 e. The predicted molar refractivity (Wildman–Crippen MR) is 150 cm³/mol. The van der Waals surface area contributed by atoms with Crippen molar-refractivity contribution >= 4 is 49.2 Å². The molecule has 1 fully saturated rings. The Bertz CT molecular complexity index is 1600. The van der Waals surface area contributed by atoms with Gasteiger partial charge in [-0.3, -0.25) is 4.79 Å². The van der Waals surface area contributed by atoms with Crippen molar-refractivity contribution in [3.63, 3.8) is 0 Å². The van der Waals surface area contributed by atoms with E-state index in [9.17, 15) is 13.2 Å². The van der Waals surface area contributed by atoms with Gasteiger partial charge in [0, 0.05) is 29.0 Å². The van der Waals surface area contributed by atoms with Crippen LogP contribution < -0.4 is 0 Å². The first-order valence-electron chi connectivity index (χ1n) is 12.8. The summed E-state index contributed by atoms with van der Waals surface area (Å²) in [6.45, 7) is 5.76. The van der Waals surface area contributed by atoms with E-state index in [-0.39, 0.29) is 16.4 Å². The fourth-order valence-electron chi connectivity index (χ4n) is 5.43. The van der Waals surface area contributed by atoms with Crippen molar-refractivity contribution in [2.75, 3.05) is 25.9 Å². The Morgan fingerprint density at radius 3 is 2.68 bits per heavy atom. The lowest BCUT2D eigenvalue weighted by Crippen LogP contribution is -2.30. The molecule has 1 N–H and O–H groups in total. The van der Waals surface area contributed by atoms with Gasteiger partial charge in [0.15, 0.2) is 15.6 Å². The standard InChI is InChI=1S/C29H32ClN3O3S/c1-4-37(35,36)22-7-5-6-20(14-22)24-16-23(26(34)9-8-19-10-12-33(3)13-11-19)18(2)28-27(24)25-15-21(30)17-31-29(25)32-28/h5-7,14-17,19H,4,8-13H2,1-3H3,(H,31,32). The summed E-state index contributed by atoms with van der Waals surface area (Å²) in [6, 6.07) is 10.8. The van der Waals surface area contributed by atoms with Crippen LogP contribution in [0.1, 0.15) is 48.5 Å². The van der Waals surface area contributed by atoms with Crippen LogP contribution in [-0.4, -0.2) is 55.0 Å². The molecule has 0 spiro atoms. The molecule has 8 heteroatoms. The van der Waals surface area contributed by atoms with Gasteiger partial charge in [-0.15, -0.1) is 0 Å². The van der Waals surface area contributed by atoms with Gasteiger partial charge in [-0.25, -0.2) is 13.4 Å². The highest BCUT2D eigenvalue weighted by Gasteiger charge is 2.23. The molecule has 0 amide bonds. The monoisotopic (exact) mass is 537 g/mol. The van der Waals surface area contributed by atoms with Crippen LogP contribution in [0, 0.1) is 12.8 Å². The smallest absolute Gasteiger partial charge is 0.178 e. The van der Waals surface area contributed by atoms with E-state index in [1.807, 2.05) is 25.1 Å². The van der Waals surface area contributed by atoms with Crippen LogP contribution in [0.25, 0.3) is 33.1 Å². The normalized spacial score (nSPS) is 15.6. The van der Waals surface area contributed by atoms with Crippen LogP contribution in [0.15, 0.2) is 47.5 Å². The number of hydrogen-bond acceptors (Lipinski definition) is 5. The number of benzene rings is 2.